The van der Waals surface area contributed by atoms with Crippen LogP contribution in [0.15, 0.2) is 36.4 Å². The van der Waals surface area contributed by atoms with Crippen LogP contribution in [0.4, 0.5) is 0 Å². The van der Waals surface area contributed by atoms with E-state index >= 15 is 0 Å². The van der Waals surface area contributed by atoms with Crippen LogP contribution in [-0.2, 0) is 5.41 Å². The predicted molar refractivity (Wildman–Crippen MR) is 76.9 cm³/mol. The van der Waals surface area contributed by atoms with Gasteiger partial charge in [-0.3, -0.25) is 4.79 Å². The first kappa shape index (κ1) is 14.5. The Hall–Kier alpha value is -1.57. The molecule has 2 heteroatoms. The standard InChI is InChI=1S/C16H23NO/c1-12(2)11-17(6)15(18)13-7-9-14(10-8-13)16(3,4)5/h7-10H,1,11H2,2-6H3. The van der Waals surface area contributed by atoms with Crippen LogP contribution in [0.25, 0.3) is 0 Å². The maximum Gasteiger partial charge on any atom is 0.253 e. The lowest BCUT2D eigenvalue weighted by atomic mass is 9.86. The lowest BCUT2D eigenvalue weighted by molar-refractivity contribution is 0.0807. The SMILES string of the molecule is C=C(C)CN(C)C(=O)c1ccc(C(C)(C)C)cc1. The van der Waals surface area contributed by atoms with Crippen LogP contribution in [0.1, 0.15) is 43.6 Å². The zero-order valence-electron chi connectivity index (χ0n) is 12.1. The molecule has 0 aliphatic carbocycles. The number of hydrogen-bond donors (Lipinski definition) is 0. The summed E-state index contributed by atoms with van der Waals surface area (Å²) in [5.41, 5.74) is 3.07. The third kappa shape index (κ3) is 3.73. The van der Waals surface area contributed by atoms with Crippen LogP contribution in [-0.4, -0.2) is 24.4 Å². The van der Waals surface area contributed by atoms with Crippen molar-refractivity contribution >= 4 is 5.91 Å². The number of rotatable bonds is 3. The van der Waals surface area contributed by atoms with E-state index in [1.54, 1.807) is 11.9 Å². The van der Waals surface area contributed by atoms with E-state index in [2.05, 4.69) is 27.4 Å². The predicted octanol–water partition coefficient (Wildman–Crippen LogP) is 3.63. The highest BCUT2D eigenvalue weighted by molar-refractivity contribution is 5.94. The fraction of sp³-hybridized carbons (Fsp3) is 0.438. The molecule has 0 bridgehead atoms. The van der Waals surface area contributed by atoms with Crippen molar-refractivity contribution < 1.29 is 4.79 Å². The highest BCUT2D eigenvalue weighted by Crippen LogP contribution is 2.22. The Kier molecular flexibility index (Phi) is 4.33. The van der Waals surface area contributed by atoms with Crippen molar-refractivity contribution in [2.24, 2.45) is 0 Å². The average Bonchev–Trinajstić information content (AvgIpc) is 2.26. The van der Waals surface area contributed by atoms with Gasteiger partial charge in [0.2, 0.25) is 0 Å². The summed E-state index contributed by atoms with van der Waals surface area (Å²) in [6, 6.07) is 7.86. The molecule has 0 spiro atoms. The van der Waals surface area contributed by atoms with E-state index in [1.165, 1.54) is 5.56 Å². The molecule has 0 radical (unpaired) electrons. The first-order valence-corrected chi connectivity index (χ1v) is 6.22. The molecule has 0 fully saturated rings. The second-order valence-electron chi connectivity index (χ2n) is 5.95. The van der Waals surface area contributed by atoms with Crippen LogP contribution < -0.4 is 0 Å². The Balaban J connectivity index is 2.85. The van der Waals surface area contributed by atoms with Crippen LogP contribution in [0.3, 0.4) is 0 Å². The van der Waals surface area contributed by atoms with E-state index < -0.39 is 0 Å². The summed E-state index contributed by atoms with van der Waals surface area (Å²) in [5.74, 6) is 0.0402. The maximum absolute atomic E-state index is 12.1. The summed E-state index contributed by atoms with van der Waals surface area (Å²) in [6.45, 7) is 12.8. The first-order valence-electron chi connectivity index (χ1n) is 6.22. The van der Waals surface area contributed by atoms with Gasteiger partial charge < -0.3 is 4.90 Å². The Bertz CT molecular complexity index is 437. The second-order valence-corrected chi connectivity index (χ2v) is 5.95. The quantitative estimate of drug-likeness (QED) is 0.745. The van der Waals surface area contributed by atoms with Crippen molar-refractivity contribution in [1.82, 2.24) is 4.90 Å². The van der Waals surface area contributed by atoms with E-state index in [0.29, 0.717) is 6.54 Å². The molecule has 18 heavy (non-hydrogen) atoms. The van der Waals surface area contributed by atoms with Crippen molar-refractivity contribution in [3.63, 3.8) is 0 Å². The third-order valence-corrected chi connectivity index (χ3v) is 2.85. The number of carbonyl (C=O) groups excluding carboxylic acids is 1. The number of hydrogen-bond acceptors (Lipinski definition) is 1. The van der Waals surface area contributed by atoms with Gasteiger partial charge in [-0.05, 0) is 30.0 Å². The fourth-order valence-corrected chi connectivity index (χ4v) is 1.81. The summed E-state index contributed by atoms with van der Waals surface area (Å²) < 4.78 is 0. The molecule has 0 saturated carbocycles. The minimum atomic E-state index is 0.0402. The second kappa shape index (κ2) is 5.38. The van der Waals surface area contributed by atoms with E-state index in [-0.39, 0.29) is 11.3 Å². The van der Waals surface area contributed by atoms with Crippen LogP contribution in [0.5, 0.6) is 0 Å². The van der Waals surface area contributed by atoms with Crippen molar-refractivity contribution in [2.75, 3.05) is 13.6 Å². The van der Waals surface area contributed by atoms with Gasteiger partial charge >= 0.3 is 0 Å². The molecule has 0 N–H and O–H groups in total. The number of benzene rings is 1. The Morgan fingerprint density at radius 1 is 1.22 bits per heavy atom. The zero-order chi connectivity index (χ0) is 13.9. The van der Waals surface area contributed by atoms with Gasteiger partial charge in [0, 0.05) is 19.2 Å². The maximum atomic E-state index is 12.1. The first-order chi connectivity index (χ1) is 8.21. The fourth-order valence-electron chi connectivity index (χ4n) is 1.81. The van der Waals surface area contributed by atoms with Crippen LogP contribution in [0, 0.1) is 0 Å². The van der Waals surface area contributed by atoms with Crippen molar-refractivity contribution in [2.45, 2.75) is 33.1 Å². The molecule has 98 valence electrons. The Morgan fingerprint density at radius 2 is 1.72 bits per heavy atom. The highest BCUT2D eigenvalue weighted by atomic mass is 16.2. The highest BCUT2D eigenvalue weighted by Gasteiger charge is 2.15. The summed E-state index contributed by atoms with van der Waals surface area (Å²) in [4.78, 5) is 13.8. The van der Waals surface area contributed by atoms with Gasteiger partial charge in [-0.15, -0.1) is 0 Å². The van der Waals surface area contributed by atoms with Gasteiger partial charge in [-0.2, -0.15) is 0 Å². The van der Waals surface area contributed by atoms with Gasteiger partial charge in [0.1, 0.15) is 0 Å². The number of likely N-dealkylation sites (N-methyl/N-ethyl adjacent to an activating group) is 1. The van der Waals surface area contributed by atoms with Gasteiger partial charge in [0.25, 0.3) is 5.91 Å². The number of carbonyl (C=O) groups is 1. The monoisotopic (exact) mass is 245 g/mol. The molecule has 0 atom stereocenters. The van der Waals surface area contributed by atoms with Crippen LogP contribution >= 0.6 is 0 Å². The molecule has 1 rings (SSSR count). The molecule has 0 aliphatic rings. The smallest absolute Gasteiger partial charge is 0.253 e. The van der Waals surface area contributed by atoms with Gasteiger partial charge in [0.05, 0.1) is 0 Å². The van der Waals surface area contributed by atoms with Gasteiger partial charge in [-0.25, -0.2) is 0 Å². The molecule has 2 nitrogen and oxygen atoms in total. The molecule has 0 heterocycles. The minimum absolute atomic E-state index is 0.0402. The molecular weight excluding hydrogens is 222 g/mol. The summed E-state index contributed by atoms with van der Waals surface area (Å²) >= 11 is 0. The number of nitrogens with zero attached hydrogens (tertiary/aromatic N) is 1. The molecular formula is C16H23NO. The minimum Gasteiger partial charge on any atom is -0.338 e. The normalized spacial score (nSPS) is 11.2. The van der Waals surface area contributed by atoms with E-state index in [0.717, 1.165) is 11.1 Å². The van der Waals surface area contributed by atoms with Crippen molar-refractivity contribution in [3.05, 3.63) is 47.5 Å². The molecule has 1 aromatic rings. The topological polar surface area (TPSA) is 20.3 Å². The van der Waals surface area contributed by atoms with Gasteiger partial charge in [-0.1, -0.05) is 45.1 Å². The molecule has 0 saturated heterocycles. The molecule has 1 aromatic carbocycles. The van der Waals surface area contributed by atoms with Crippen molar-refractivity contribution in [3.8, 4) is 0 Å². The molecule has 0 unspecified atom stereocenters. The molecule has 0 aliphatic heterocycles. The molecule has 0 aromatic heterocycles. The largest absolute Gasteiger partial charge is 0.338 e. The van der Waals surface area contributed by atoms with Crippen LogP contribution in [0.2, 0.25) is 0 Å². The zero-order valence-corrected chi connectivity index (χ0v) is 12.1. The van der Waals surface area contributed by atoms with Crippen molar-refractivity contribution in [1.29, 1.82) is 0 Å². The Morgan fingerprint density at radius 3 is 2.11 bits per heavy atom. The number of amides is 1. The summed E-state index contributed by atoms with van der Waals surface area (Å²) in [6.07, 6.45) is 0. The van der Waals surface area contributed by atoms with E-state index in [4.69, 9.17) is 0 Å². The molecule has 1 amide bonds. The lowest BCUT2D eigenvalue weighted by Gasteiger charge is -2.20. The third-order valence-electron chi connectivity index (χ3n) is 2.85. The average molecular weight is 245 g/mol. The Labute approximate surface area is 110 Å². The summed E-state index contributed by atoms with van der Waals surface area (Å²) in [7, 11) is 1.80. The van der Waals surface area contributed by atoms with E-state index in [9.17, 15) is 4.79 Å². The summed E-state index contributed by atoms with van der Waals surface area (Å²) in [5, 5.41) is 0. The van der Waals surface area contributed by atoms with Gasteiger partial charge in [0.15, 0.2) is 0 Å². The van der Waals surface area contributed by atoms with E-state index in [1.807, 2.05) is 31.2 Å². The lowest BCUT2D eigenvalue weighted by Crippen LogP contribution is -2.28.